The van der Waals surface area contributed by atoms with Crippen LogP contribution in [0.3, 0.4) is 0 Å². The maximum Gasteiger partial charge on any atom is 0.246 e. The van der Waals surface area contributed by atoms with Gasteiger partial charge >= 0.3 is 0 Å². The van der Waals surface area contributed by atoms with E-state index < -0.39 is 23.6 Å². The van der Waals surface area contributed by atoms with Crippen molar-refractivity contribution in [2.24, 2.45) is 0 Å². The van der Waals surface area contributed by atoms with Crippen LogP contribution in [-0.2, 0) is 4.79 Å². The predicted octanol–water partition coefficient (Wildman–Crippen LogP) is 3.42. The molecule has 2 aromatic carbocycles. The molecule has 0 bridgehead atoms. The van der Waals surface area contributed by atoms with Gasteiger partial charge in [0.25, 0.3) is 0 Å². The summed E-state index contributed by atoms with van der Waals surface area (Å²) in [5, 5.41) is 5.31. The Bertz CT molecular complexity index is 738. The summed E-state index contributed by atoms with van der Waals surface area (Å²) >= 11 is 0. The first-order valence-corrected chi connectivity index (χ1v) is 7.19. The zero-order valence-corrected chi connectivity index (χ0v) is 13.5. The fourth-order valence-corrected chi connectivity index (χ4v) is 2.05. The van der Waals surface area contributed by atoms with Gasteiger partial charge in [0.05, 0.1) is 25.6 Å². The van der Waals surface area contributed by atoms with Gasteiger partial charge in [0.2, 0.25) is 5.91 Å². The SMILES string of the molecule is COc1ccc(N[C@H](C)C(=O)Nc2cc(F)ccc2F)c(OC)c1. The number of hydrogen-bond donors (Lipinski definition) is 2. The lowest BCUT2D eigenvalue weighted by molar-refractivity contribution is -0.116. The van der Waals surface area contributed by atoms with Crippen LogP contribution in [0.5, 0.6) is 11.5 Å². The molecule has 0 aliphatic heterocycles. The summed E-state index contributed by atoms with van der Waals surface area (Å²) in [7, 11) is 3.03. The van der Waals surface area contributed by atoms with Crippen LogP contribution >= 0.6 is 0 Å². The van der Waals surface area contributed by atoms with Gasteiger partial charge in [-0.25, -0.2) is 8.78 Å². The average molecular weight is 336 g/mol. The van der Waals surface area contributed by atoms with E-state index in [1.165, 1.54) is 14.2 Å². The number of anilines is 2. The normalized spacial score (nSPS) is 11.5. The highest BCUT2D eigenvalue weighted by molar-refractivity contribution is 5.96. The van der Waals surface area contributed by atoms with E-state index in [0.29, 0.717) is 17.2 Å². The number of halogens is 2. The molecule has 1 amide bonds. The topological polar surface area (TPSA) is 59.6 Å². The van der Waals surface area contributed by atoms with Gasteiger partial charge in [-0.2, -0.15) is 0 Å². The lowest BCUT2D eigenvalue weighted by atomic mass is 10.2. The standard InChI is InChI=1S/C17H18F2N2O3/c1-10(17(22)21-15-8-11(18)4-6-13(15)19)20-14-7-5-12(23-2)9-16(14)24-3/h4-10,20H,1-3H3,(H,21,22)/t10-/m1/s1. The molecule has 5 nitrogen and oxygen atoms in total. The highest BCUT2D eigenvalue weighted by Gasteiger charge is 2.17. The maximum atomic E-state index is 13.6. The van der Waals surface area contributed by atoms with Gasteiger partial charge in [-0.15, -0.1) is 0 Å². The van der Waals surface area contributed by atoms with Gasteiger partial charge in [0.1, 0.15) is 29.2 Å². The summed E-state index contributed by atoms with van der Waals surface area (Å²) in [6, 6.07) is 7.22. The first kappa shape index (κ1) is 17.5. The zero-order valence-electron chi connectivity index (χ0n) is 13.5. The molecule has 0 heterocycles. The highest BCUT2D eigenvalue weighted by Crippen LogP contribution is 2.29. The van der Waals surface area contributed by atoms with Crippen LogP contribution in [0.15, 0.2) is 36.4 Å². The van der Waals surface area contributed by atoms with E-state index >= 15 is 0 Å². The number of carbonyl (C=O) groups excluding carboxylic acids is 1. The molecule has 7 heteroatoms. The quantitative estimate of drug-likeness (QED) is 0.849. The van der Waals surface area contributed by atoms with Gasteiger partial charge in [0, 0.05) is 12.1 Å². The third-order valence-electron chi connectivity index (χ3n) is 3.36. The lowest BCUT2D eigenvalue weighted by Crippen LogP contribution is -2.32. The summed E-state index contributed by atoms with van der Waals surface area (Å²) < 4.78 is 37.1. The smallest absolute Gasteiger partial charge is 0.246 e. The van der Waals surface area contributed by atoms with E-state index in [-0.39, 0.29) is 5.69 Å². The van der Waals surface area contributed by atoms with Gasteiger partial charge < -0.3 is 20.1 Å². The number of hydrogen-bond acceptors (Lipinski definition) is 4. The Morgan fingerprint density at radius 1 is 1.04 bits per heavy atom. The second-order valence-corrected chi connectivity index (χ2v) is 5.05. The predicted molar refractivity (Wildman–Crippen MR) is 87.6 cm³/mol. The van der Waals surface area contributed by atoms with Crippen LogP contribution in [0, 0.1) is 11.6 Å². The van der Waals surface area contributed by atoms with Crippen LogP contribution in [0.25, 0.3) is 0 Å². The molecule has 2 aromatic rings. The first-order valence-electron chi connectivity index (χ1n) is 7.19. The van der Waals surface area contributed by atoms with Crippen molar-refractivity contribution >= 4 is 17.3 Å². The third kappa shape index (κ3) is 4.13. The molecule has 128 valence electrons. The average Bonchev–Trinajstić information content (AvgIpc) is 2.58. The van der Waals surface area contributed by atoms with E-state index in [2.05, 4.69) is 10.6 Å². The van der Waals surface area contributed by atoms with Crippen molar-refractivity contribution in [1.29, 1.82) is 0 Å². The van der Waals surface area contributed by atoms with Crippen molar-refractivity contribution < 1.29 is 23.0 Å². The fourth-order valence-electron chi connectivity index (χ4n) is 2.05. The van der Waals surface area contributed by atoms with Gasteiger partial charge in [0.15, 0.2) is 0 Å². The number of amides is 1. The minimum Gasteiger partial charge on any atom is -0.497 e. The second kappa shape index (κ2) is 7.63. The Hall–Kier alpha value is -2.83. The zero-order chi connectivity index (χ0) is 17.7. The molecule has 0 saturated carbocycles. The minimum absolute atomic E-state index is 0.213. The maximum absolute atomic E-state index is 13.6. The van der Waals surface area contributed by atoms with Crippen molar-refractivity contribution in [3.63, 3.8) is 0 Å². The minimum atomic E-state index is -0.713. The third-order valence-corrected chi connectivity index (χ3v) is 3.36. The Kier molecular flexibility index (Phi) is 5.57. The van der Waals surface area contributed by atoms with Crippen molar-refractivity contribution in [3.05, 3.63) is 48.0 Å². The summed E-state index contributed by atoms with van der Waals surface area (Å²) in [6.07, 6.45) is 0. The summed E-state index contributed by atoms with van der Waals surface area (Å²) in [4.78, 5) is 12.2. The fraction of sp³-hybridized carbons (Fsp3) is 0.235. The Morgan fingerprint density at radius 2 is 1.79 bits per heavy atom. The molecule has 2 rings (SSSR count). The Labute approximate surface area is 138 Å². The van der Waals surface area contributed by atoms with Crippen LogP contribution in [0.2, 0.25) is 0 Å². The van der Waals surface area contributed by atoms with E-state index in [9.17, 15) is 13.6 Å². The number of rotatable bonds is 6. The number of ether oxygens (including phenoxy) is 2. The molecule has 0 aliphatic carbocycles. The Morgan fingerprint density at radius 3 is 2.46 bits per heavy atom. The van der Waals surface area contributed by atoms with Crippen molar-refractivity contribution in [3.8, 4) is 11.5 Å². The van der Waals surface area contributed by atoms with Crippen LogP contribution in [-0.4, -0.2) is 26.2 Å². The van der Waals surface area contributed by atoms with Crippen LogP contribution in [0.1, 0.15) is 6.92 Å². The van der Waals surface area contributed by atoms with E-state index in [4.69, 9.17) is 9.47 Å². The largest absolute Gasteiger partial charge is 0.497 e. The molecule has 0 unspecified atom stereocenters. The van der Waals surface area contributed by atoms with E-state index in [1.54, 1.807) is 25.1 Å². The molecule has 24 heavy (non-hydrogen) atoms. The van der Waals surface area contributed by atoms with Crippen molar-refractivity contribution in [2.45, 2.75) is 13.0 Å². The number of benzene rings is 2. The first-order chi connectivity index (χ1) is 11.4. The van der Waals surface area contributed by atoms with Gasteiger partial charge in [-0.3, -0.25) is 4.79 Å². The lowest BCUT2D eigenvalue weighted by Gasteiger charge is -2.18. The molecule has 0 spiro atoms. The molecular weight excluding hydrogens is 318 g/mol. The highest BCUT2D eigenvalue weighted by atomic mass is 19.1. The summed E-state index contributed by atoms with van der Waals surface area (Å²) in [6.45, 7) is 1.59. The van der Waals surface area contributed by atoms with Crippen LogP contribution < -0.4 is 20.1 Å². The monoisotopic (exact) mass is 336 g/mol. The van der Waals surface area contributed by atoms with E-state index in [0.717, 1.165) is 18.2 Å². The number of nitrogens with one attached hydrogen (secondary N) is 2. The van der Waals surface area contributed by atoms with Crippen molar-refractivity contribution in [1.82, 2.24) is 0 Å². The molecule has 0 radical (unpaired) electrons. The summed E-state index contributed by atoms with van der Waals surface area (Å²) in [5.41, 5.74) is 0.357. The molecule has 2 N–H and O–H groups in total. The molecule has 0 aliphatic rings. The number of carbonyl (C=O) groups is 1. The van der Waals surface area contributed by atoms with Crippen molar-refractivity contribution in [2.75, 3.05) is 24.9 Å². The van der Waals surface area contributed by atoms with E-state index in [1.807, 2.05) is 0 Å². The molecule has 1 atom stereocenters. The summed E-state index contributed by atoms with van der Waals surface area (Å²) in [5.74, 6) is -0.761. The molecule has 0 saturated heterocycles. The molecule has 0 fully saturated rings. The number of methoxy groups -OCH3 is 2. The molecule has 0 aromatic heterocycles. The Balaban J connectivity index is 2.10. The second-order valence-electron chi connectivity index (χ2n) is 5.05. The van der Waals surface area contributed by atoms with Gasteiger partial charge in [-0.05, 0) is 31.2 Å². The van der Waals surface area contributed by atoms with Crippen LogP contribution in [0.4, 0.5) is 20.2 Å². The molecular formula is C17H18F2N2O3. The van der Waals surface area contributed by atoms with Gasteiger partial charge in [-0.1, -0.05) is 0 Å².